The first-order valence-corrected chi connectivity index (χ1v) is 5.35. The molecule has 0 N–H and O–H groups in total. The number of hydrogen-bond acceptors (Lipinski definition) is 4. The third-order valence-corrected chi connectivity index (χ3v) is 2.84. The van der Waals surface area contributed by atoms with E-state index in [1.165, 1.54) is 13.2 Å². The minimum atomic E-state index is -0.551. The average Bonchev–Trinajstić information content (AvgIpc) is 3.20. The predicted molar refractivity (Wildman–Crippen MR) is 59.8 cm³/mol. The van der Waals surface area contributed by atoms with Crippen molar-refractivity contribution in [1.29, 1.82) is 0 Å². The van der Waals surface area contributed by atoms with Crippen molar-refractivity contribution in [2.45, 2.75) is 18.8 Å². The number of carbonyl (C=O) groups excluding carboxylic acids is 3. The van der Waals surface area contributed by atoms with Gasteiger partial charge < -0.3 is 0 Å². The fraction of sp³-hybridized carbons (Fsp3) is 0.333. The molecule has 0 radical (unpaired) electrons. The van der Waals surface area contributed by atoms with E-state index in [4.69, 9.17) is 0 Å². The lowest BCUT2D eigenvalue weighted by molar-refractivity contribution is -0.115. The number of nitrogens with zero attached hydrogens (tertiary/aromatic N) is 2. The van der Waals surface area contributed by atoms with Gasteiger partial charge in [-0.05, 0) is 30.4 Å². The molecule has 2 amide bonds. The summed E-state index contributed by atoms with van der Waals surface area (Å²) in [7, 11) is 1.34. The first kappa shape index (κ1) is 11.4. The Hall–Kier alpha value is -2.04. The van der Waals surface area contributed by atoms with Gasteiger partial charge in [0.05, 0.1) is 0 Å². The van der Waals surface area contributed by atoms with Gasteiger partial charge in [-0.15, -0.1) is 0 Å². The molecule has 2 rings (SSSR count). The molecule has 0 spiro atoms. The first-order valence-electron chi connectivity index (χ1n) is 5.35. The van der Waals surface area contributed by atoms with E-state index in [-0.39, 0.29) is 5.69 Å². The van der Waals surface area contributed by atoms with E-state index in [1.54, 1.807) is 6.07 Å². The Kier molecular flexibility index (Phi) is 2.99. The molecule has 1 aromatic heterocycles. The van der Waals surface area contributed by atoms with Crippen LogP contribution in [0.5, 0.6) is 0 Å². The largest absolute Gasteiger partial charge is 0.298 e. The fourth-order valence-electron chi connectivity index (χ4n) is 1.75. The van der Waals surface area contributed by atoms with Crippen molar-refractivity contribution in [3.05, 3.63) is 29.1 Å². The molecule has 88 valence electrons. The maximum atomic E-state index is 11.8. The molecule has 0 saturated heterocycles. The number of carbonyl (C=O) groups is 3. The van der Waals surface area contributed by atoms with Crippen LogP contribution in [-0.2, 0) is 4.79 Å². The lowest BCUT2D eigenvalue weighted by Crippen LogP contribution is -2.27. The van der Waals surface area contributed by atoms with Crippen LogP contribution in [0.2, 0.25) is 0 Å². The molecule has 1 aliphatic rings. The second-order valence-corrected chi connectivity index (χ2v) is 4.08. The highest BCUT2D eigenvalue weighted by molar-refractivity contribution is 6.04. The molecular formula is C12H12N2O3. The Balaban J connectivity index is 2.46. The summed E-state index contributed by atoms with van der Waals surface area (Å²) in [5.74, 6) is -0.198. The van der Waals surface area contributed by atoms with Crippen LogP contribution >= 0.6 is 0 Å². The van der Waals surface area contributed by atoms with Crippen LogP contribution in [0, 0.1) is 0 Å². The third kappa shape index (κ3) is 2.08. The zero-order valence-corrected chi connectivity index (χ0v) is 9.42. The van der Waals surface area contributed by atoms with Gasteiger partial charge in [0, 0.05) is 18.8 Å². The SMILES string of the molecule is CN(C=O)C(=O)c1nccc(C2CC2)c1C=O. The molecule has 0 bridgehead atoms. The molecule has 0 unspecified atom stereocenters. The van der Waals surface area contributed by atoms with Crippen LogP contribution in [0.3, 0.4) is 0 Å². The number of rotatable bonds is 4. The maximum absolute atomic E-state index is 11.8. The summed E-state index contributed by atoms with van der Waals surface area (Å²) in [4.78, 5) is 38.2. The van der Waals surface area contributed by atoms with Crippen LogP contribution in [0.25, 0.3) is 0 Å². The molecular weight excluding hydrogens is 220 g/mol. The lowest BCUT2D eigenvalue weighted by Gasteiger charge is -2.11. The Bertz CT molecular complexity index is 481. The molecule has 1 saturated carbocycles. The zero-order valence-electron chi connectivity index (χ0n) is 9.42. The molecule has 0 aromatic carbocycles. The summed E-state index contributed by atoms with van der Waals surface area (Å²) in [5.41, 5.74) is 1.23. The molecule has 5 heteroatoms. The van der Waals surface area contributed by atoms with E-state index in [9.17, 15) is 14.4 Å². The standard InChI is InChI=1S/C12H12N2O3/c1-14(7-16)12(17)11-10(6-15)9(4-5-13-11)8-2-3-8/h4-8H,2-3H2,1H3. The summed E-state index contributed by atoms with van der Waals surface area (Å²) in [6, 6.07) is 1.76. The van der Waals surface area contributed by atoms with Crippen molar-refractivity contribution in [1.82, 2.24) is 9.88 Å². The summed E-state index contributed by atoms with van der Waals surface area (Å²) < 4.78 is 0. The number of hydrogen-bond donors (Lipinski definition) is 0. The fourth-order valence-corrected chi connectivity index (χ4v) is 1.75. The van der Waals surface area contributed by atoms with Gasteiger partial charge >= 0.3 is 0 Å². The van der Waals surface area contributed by atoms with Crippen LogP contribution in [0.15, 0.2) is 12.3 Å². The van der Waals surface area contributed by atoms with Crippen LogP contribution in [0.1, 0.15) is 45.2 Å². The third-order valence-electron chi connectivity index (χ3n) is 2.84. The maximum Gasteiger partial charge on any atom is 0.279 e. The highest BCUT2D eigenvalue weighted by Crippen LogP contribution is 2.41. The van der Waals surface area contributed by atoms with Gasteiger partial charge in [-0.1, -0.05) is 0 Å². The van der Waals surface area contributed by atoms with E-state index in [0.717, 1.165) is 23.3 Å². The summed E-state index contributed by atoms with van der Waals surface area (Å²) in [6.45, 7) is 0. The van der Waals surface area contributed by atoms with Gasteiger partial charge in [-0.3, -0.25) is 24.3 Å². The van der Waals surface area contributed by atoms with Crippen molar-refractivity contribution in [3.8, 4) is 0 Å². The molecule has 1 fully saturated rings. The average molecular weight is 232 g/mol. The van der Waals surface area contributed by atoms with E-state index >= 15 is 0 Å². The number of aldehydes is 1. The predicted octanol–water partition coefficient (Wildman–Crippen LogP) is 1.000. The van der Waals surface area contributed by atoms with Crippen molar-refractivity contribution in [2.24, 2.45) is 0 Å². The molecule has 17 heavy (non-hydrogen) atoms. The molecule has 0 atom stereocenters. The second-order valence-electron chi connectivity index (χ2n) is 4.08. The highest BCUT2D eigenvalue weighted by Gasteiger charge is 2.29. The molecule has 0 aliphatic heterocycles. The summed E-state index contributed by atoms with van der Waals surface area (Å²) in [6.07, 6.45) is 4.62. The quantitative estimate of drug-likeness (QED) is 0.726. The highest BCUT2D eigenvalue weighted by atomic mass is 16.2. The number of imide groups is 1. The van der Waals surface area contributed by atoms with E-state index in [2.05, 4.69) is 4.98 Å². The van der Waals surface area contributed by atoms with Crippen molar-refractivity contribution >= 4 is 18.6 Å². The van der Waals surface area contributed by atoms with Crippen LogP contribution in [-0.4, -0.2) is 35.5 Å². The number of amides is 2. The van der Waals surface area contributed by atoms with E-state index in [1.807, 2.05) is 0 Å². The number of pyridine rings is 1. The van der Waals surface area contributed by atoms with Crippen molar-refractivity contribution in [3.63, 3.8) is 0 Å². The second kappa shape index (κ2) is 4.45. The molecule has 1 heterocycles. The van der Waals surface area contributed by atoms with Gasteiger partial charge in [0.1, 0.15) is 5.69 Å². The monoisotopic (exact) mass is 232 g/mol. The topological polar surface area (TPSA) is 67.3 Å². The number of aromatic nitrogens is 1. The normalized spacial score (nSPS) is 14.2. The summed E-state index contributed by atoms with van der Waals surface area (Å²) in [5, 5.41) is 0. The van der Waals surface area contributed by atoms with E-state index in [0.29, 0.717) is 24.2 Å². The Morgan fingerprint density at radius 1 is 1.47 bits per heavy atom. The Morgan fingerprint density at radius 3 is 2.71 bits per heavy atom. The smallest absolute Gasteiger partial charge is 0.279 e. The summed E-state index contributed by atoms with van der Waals surface area (Å²) >= 11 is 0. The Morgan fingerprint density at radius 2 is 2.18 bits per heavy atom. The van der Waals surface area contributed by atoms with Crippen LogP contribution < -0.4 is 0 Å². The van der Waals surface area contributed by atoms with Crippen molar-refractivity contribution < 1.29 is 14.4 Å². The van der Waals surface area contributed by atoms with Crippen LogP contribution in [0.4, 0.5) is 0 Å². The van der Waals surface area contributed by atoms with Gasteiger partial charge in [0.25, 0.3) is 5.91 Å². The molecule has 5 nitrogen and oxygen atoms in total. The van der Waals surface area contributed by atoms with Gasteiger partial charge in [-0.25, -0.2) is 0 Å². The minimum absolute atomic E-state index is 0.0546. The lowest BCUT2D eigenvalue weighted by atomic mass is 10.0. The minimum Gasteiger partial charge on any atom is -0.298 e. The van der Waals surface area contributed by atoms with Gasteiger partial charge in [0.15, 0.2) is 6.29 Å². The van der Waals surface area contributed by atoms with Gasteiger partial charge in [-0.2, -0.15) is 0 Å². The first-order chi connectivity index (χ1) is 8.19. The zero-order chi connectivity index (χ0) is 12.4. The van der Waals surface area contributed by atoms with Crippen molar-refractivity contribution in [2.75, 3.05) is 7.05 Å². The molecule has 1 aromatic rings. The molecule has 1 aliphatic carbocycles. The van der Waals surface area contributed by atoms with Gasteiger partial charge in [0.2, 0.25) is 6.41 Å². The Labute approximate surface area is 98.4 Å². The van der Waals surface area contributed by atoms with E-state index < -0.39 is 5.91 Å².